The number of benzene rings is 3. The van der Waals surface area contributed by atoms with Crippen LogP contribution < -0.4 is 4.74 Å². The standard InChI is InChI=1S/C25H26O5S/c26-25(30-16-14-28-19-21-9-5-2-6-10-21)22-11-12-24(31)23(17-22)29-15-13-27-18-20-7-3-1-4-8-20/h1-12,17,31H,13-16,18-19H2. The summed E-state index contributed by atoms with van der Waals surface area (Å²) in [6.07, 6.45) is 0. The van der Waals surface area contributed by atoms with Crippen molar-refractivity contribution in [2.45, 2.75) is 18.1 Å². The predicted octanol–water partition coefficient (Wildman–Crippen LogP) is 4.94. The van der Waals surface area contributed by atoms with Crippen LogP contribution in [0.1, 0.15) is 21.5 Å². The second kappa shape index (κ2) is 12.8. The molecule has 0 atom stereocenters. The second-order valence-electron chi connectivity index (χ2n) is 6.74. The lowest BCUT2D eigenvalue weighted by Gasteiger charge is -2.11. The van der Waals surface area contributed by atoms with Crippen LogP contribution >= 0.6 is 12.6 Å². The molecule has 0 heterocycles. The molecule has 3 aromatic carbocycles. The molecule has 6 heteroatoms. The number of hydrogen-bond acceptors (Lipinski definition) is 6. The fourth-order valence-corrected chi connectivity index (χ4v) is 2.98. The van der Waals surface area contributed by atoms with E-state index in [0.29, 0.717) is 49.2 Å². The number of ether oxygens (including phenoxy) is 4. The van der Waals surface area contributed by atoms with Gasteiger partial charge in [-0.15, -0.1) is 12.6 Å². The molecule has 0 unspecified atom stereocenters. The zero-order valence-corrected chi connectivity index (χ0v) is 18.1. The first-order valence-corrected chi connectivity index (χ1v) is 10.5. The van der Waals surface area contributed by atoms with Gasteiger partial charge in [-0.1, -0.05) is 60.7 Å². The van der Waals surface area contributed by atoms with Gasteiger partial charge in [0.25, 0.3) is 0 Å². The first-order valence-electron chi connectivity index (χ1n) is 10.1. The van der Waals surface area contributed by atoms with Crippen molar-refractivity contribution in [2.75, 3.05) is 26.4 Å². The molecule has 0 fully saturated rings. The molecule has 0 aliphatic carbocycles. The maximum atomic E-state index is 12.3. The molecule has 0 spiro atoms. The monoisotopic (exact) mass is 438 g/mol. The van der Waals surface area contributed by atoms with Crippen LogP contribution in [-0.2, 0) is 27.4 Å². The highest BCUT2D eigenvalue weighted by molar-refractivity contribution is 7.80. The summed E-state index contributed by atoms with van der Waals surface area (Å²) in [6.45, 7) is 2.29. The maximum absolute atomic E-state index is 12.3. The van der Waals surface area contributed by atoms with E-state index in [9.17, 15) is 4.79 Å². The van der Waals surface area contributed by atoms with E-state index in [4.69, 9.17) is 18.9 Å². The van der Waals surface area contributed by atoms with Gasteiger partial charge in [-0.25, -0.2) is 4.79 Å². The number of carbonyl (C=O) groups excluding carboxylic acids is 1. The van der Waals surface area contributed by atoms with Crippen molar-refractivity contribution in [3.63, 3.8) is 0 Å². The van der Waals surface area contributed by atoms with Crippen LogP contribution in [0.2, 0.25) is 0 Å². The SMILES string of the molecule is O=C(OCCOCc1ccccc1)c1ccc(S)c(OCCOCc2ccccc2)c1. The van der Waals surface area contributed by atoms with Crippen molar-refractivity contribution in [2.24, 2.45) is 0 Å². The number of thiol groups is 1. The highest BCUT2D eigenvalue weighted by Crippen LogP contribution is 2.24. The molecule has 0 aliphatic rings. The van der Waals surface area contributed by atoms with Crippen LogP contribution in [0.3, 0.4) is 0 Å². The Morgan fingerprint density at radius 2 is 1.29 bits per heavy atom. The fraction of sp³-hybridized carbons (Fsp3) is 0.240. The first-order chi connectivity index (χ1) is 15.2. The van der Waals surface area contributed by atoms with Crippen molar-refractivity contribution in [3.05, 3.63) is 95.6 Å². The molecular formula is C25H26O5S. The Labute approximate surface area is 188 Å². The van der Waals surface area contributed by atoms with E-state index < -0.39 is 5.97 Å². The minimum Gasteiger partial charge on any atom is -0.490 e. The van der Waals surface area contributed by atoms with E-state index in [1.807, 2.05) is 60.7 Å². The zero-order valence-electron chi connectivity index (χ0n) is 17.2. The Hall–Kier alpha value is -2.80. The van der Waals surface area contributed by atoms with Gasteiger partial charge in [0.15, 0.2) is 0 Å². The van der Waals surface area contributed by atoms with Crippen LogP contribution in [-0.4, -0.2) is 32.4 Å². The average molecular weight is 439 g/mol. The third-order valence-electron chi connectivity index (χ3n) is 4.36. The fourth-order valence-electron chi connectivity index (χ4n) is 2.77. The van der Waals surface area contributed by atoms with Gasteiger partial charge in [0.2, 0.25) is 0 Å². The summed E-state index contributed by atoms with van der Waals surface area (Å²) in [6, 6.07) is 24.8. The van der Waals surface area contributed by atoms with E-state index in [2.05, 4.69) is 12.6 Å². The first kappa shape index (κ1) is 22.9. The molecule has 3 aromatic rings. The highest BCUT2D eigenvalue weighted by atomic mass is 32.1. The molecule has 0 aromatic heterocycles. The van der Waals surface area contributed by atoms with Crippen LogP contribution in [0, 0.1) is 0 Å². The summed E-state index contributed by atoms with van der Waals surface area (Å²) in [5.74, 6) is 0.0863. The molecule has 162 valence electrons. The molecule has 0 amide bonds. The largest absolute Gasteiger partial charge is 0.490 e. The molecule has 0 saturated carbocycles. The van der Waals surface area contributed by atoms with Crippen molar-refractivity contribution in [3.8, 4) is 5.75 Å². The van der Waals surface area contributed by atoms with E-state index in [1.54, 1.807) is 18.2 Å². The van der Waals surface area contributed by atoms with Gasteiger partial charge in [0, 0.05) is 4.90 Å². The van der Waals surface area contributed by atoms with E-state index in [-0.39, 0.29) is 6.61 Å². The zero-order chi connectivity index (χ0) is 21.7. The van der Waals surface area contributed by atoms with Gasteiger partial charge in [0.1, 0.15) is 19.0 Å². The van der Waals surface area contributed by atoms with E-state index in [1.165, 1.54) is 0 Å². The Morgan fingerprint density at radius 3 is 1.90 bits per heavy atom. The lowest BCUT2D eigenvalue weighted by Crippen LogP contribution is -2.12. The predicted molar refractivity (Wildman–Crippen MR) is 122 cm³/mol. The topological polar surface area (TPSA) is 54.0 Å². The molecular weight excluding hydrogens is 412 g/mol. The number of carbonyl (C=O) groups is 1. The summed E-state index contributed by atoms with van der Waals surface area (Å²) in [5, 5.41) is 0. The van der Waals surface area contributed by atoms with Gasteiger partial charge in [-0.05, 0) is 29.3 Å². The molecule has 0 radical (unpaired) electrons. The second-order valence-corrected chi connectivity index (χ2v) is 7.23. The average Bonchev–Trinajstić information content (AvgIpc) is 2.81. The molecule has 0 N–H and O–H groups in total. The normalized spacial score (nSPS) is 10.6. The van der Waals surface area contributed by atoms with Crippen LogP contribution in [0.4, 0.5) is 0 Å². The smallest absolute Gasteiger partial charge is 0.338 e. The van der Waals surface area contributed by atoms with Gasteiger partial charge >= 0.3 is 5.97 Å². The lowest BCUT2D eigenvalue weighted by molar-refractivity contribution is 0.0288. The van der Waals surface area contributed by atoms with E-state index in [0.717, 1.165) is 11.1 Å². The number of rotatable bonds is 12. The Balaban J connectivity index is 1.37. The maximum Gasteiger partial charge on any atom is 0.338 e. The van der Waals surface area contributed by atoms with Crippen molar-refractivity contribution < 1.29 is 23.7 Å². The lowest BCUT2D eigenvalue weighted by atomic mass is 10.2. The van der Waals surface area contributed by atoms with Gasteiger partial charge in [-0.3, -0.25) is 0 Å². The minimum atomic E-state index is -0.429. The summed E-state index contributed by atoms with van der Waals surface area (Å²) in [4.78, 5) is 12.9. The molecule has 3 rings (SSSR count). The molecule has 31 heavy (non-hydrogen) atoms. The van der Waals surface area contributed by atoms with Crippen molar-refractivity contribution in [1.82, 2.24) is 0 Å². The van der Waals surface area contributed by atoms with E-state index >= 15 is 0 Å². The highest BCUT2D eigenvalue weighted by Gasteiger charge is 2.11. The summed E-state index contributed by atoms with van der Waals surface area (Å²) in [7, 11) is 0. The van der Waals surface area contributed by atoms with Gasteiger partial charge in [-0.2, -0.15) is 0 Å². The minimum absolute atomic E-state index is 0.178. The quantitative estimate of drug-likeness (QED) is 0.246. The van der Waals surface area contributed by atoms with Crippen molar-refractivity contribution in [1.29, 1.82) is 0 Å². The van der Waals surface area contributed by atoms with Crippen LogP contribution in [0.5, 0.6) is 5.75 Å². The molecule has 0 saturated heterocycles. The van der Waals surface area contributed by atoms with Crippen molar-refractivity contribution >= 4 is 18.6 Å². The molecule has 5 nitrogen and oxygen atoms in total. The summed E-state index contributed by atoms with van der Waals surface area (Å²) in [5.41, 5.74) is 2.59. The van der Waals surface area contributed by atoms with Gasteiger partial charge in [0.05, 0.1) is 32.0 Å². The third kappa shape index (κ3) is 8.09. The number of hydrogen-bond donors (Lipinski definition) is 1. The Bertz CT molecular complexity index is 931. The molecule has 0 bridgehead atoms. The number of esters is 1. The van der Waals surface area contributed by atoms with Gasteiger partial charge < -0.3 is 18.9 Å². The summed E-state index contributed by atoms with van der Waals surface area (Å²) < 4.78 is 22.1. The van der Waals surface area contributed by atoms with Crippen LogP contribution in [0.15, 0.2) is 83.8 Å². The Kier molecular flexibility index (Phi) is 9.44. The third-order valence-corrected chi connectivity index (χ3v) is 4.73. The summed E-state index contributed by atoms with van der Waals surface area (Å²) >= 11 is 4.39. The van der Waals surface area contributed by atoms with Crippen LogP contribution in [0.25, 0.3) is 0 Å². The Morgan fingerprint density at radius 1 is 0.710 bits per heavy atom. The molecule has 0 aliphatic heterocycles.